The summed E-state index contributed by atoms with van der Waals surface area (Å²) in [5, 5.41) is 21.0. The molecule has 1 heterocycles. The first-order valence-electron chi connectivity index (χ1n) is 7.51. The van der Waals surface area contributed by atoms with Crippen molar-refractivity contribution < 1.29 is 10.0 Å². The highest BCUT2D eigenvalue weighted by Crippen LogP contribution is 2.36. The minimum atomic E-state index is -0.694. The molecule has 5 heteroatoms. The van der Waals surface area contributed by atoms with Crippen LogP contribution in [-0.4, -0.2) is 23.1 Å². The smallest absolute Gasteiger partial charge is 0.292 e. The molecule has 0 aliphatic carbocycles. The van der Waals surface area contributed by atoms with Gasteiger partial charge in [-0.25, -0.2) is 0 Å². The van der Waals surface area contributed by atoms with E-state index in [-0.39, 0.29) is 10.6 Å². The van der Waals surface area contributed by atoms with Gasteiger partial charge >= 0.3 is 0 Å². The molecule has 1 atom stereocenters. The second-order valence-corrected chi connectivity index (χ2v) is 6.69. The average Bonchev–Trinajstić information content (AvgIpc) is 2.59. The summed E-state index contributed by atoms with van der Waals surface area (Å²) in [7, 11) is 0. The van der Waals surface area contributed by atoms with Gasteiger partial charge in [0.25, 0.3) is 5.69 Å². The lowest BCUT2D eigenvalue weighted by Crippen LogP contribution is -2.25. The summed E-state index contributed by atoms with van der Waals surface area (Å²) in [6, 6.07) is 5.05. The summed E-state index contributed by atoms with van der Waals surface area (Å²) in [6.45, 7) is 7.80. The van der Waals surface area contributed by atoms with E-state index in [1.54, 1.807) is 19.1 Å². The Hall–Kier alpha value is -1.62. The van der Waals surface area contributed by atoms with E-state index < -0.39 is 6.10 Å². The molecule has 5 nitrogen and oxygen atoms in total. The van der Waals surface area contributed by atoms with Crippen LogP contribution in [0.1, 0.15) is 51.7 Å². The molecule has 1 fully saturated rings. The summed E-state index contributed by atoms with van der Waals surface area (Å²) in [5.41, 5.74) is 1.64. The summed E-state index contributed by atoms with van der Waals surface area (Å²) in [6.07, 6.45) is 2.52. The molecule has 1 aliphatic heterocycles. The van der Waals surface area contributed by atoms with Crippen molar-refractivity contribution in [1.82, 2.24) is 0 Å². The molecule has 1 aromatic carbocycles. The number of anilines is 1. The molecular formula is C16H24N2O3. The summed E-state index contributed by atoms with van der Waals surface area (Å²) in [5.74, 6) is 0. The van der Waals surface area contributed by atoms with Crippen LogP contribution in [0.5, 0.6) is 0 Å². The Morgan fingerprint density at radius 3 is 2.67 bits per heavy atom. The predicted molar refractivity (Wildman–Crippen MR) is 83.6 cm³/mol. The monoisotopic (exact) mass is 292 g/mol. The fourth-order valence-electron chi connectivity index (χ4n) is 2.88. The second-order valence-electron chi connectivity index (χ2n) is 6.69. The number of rotatable bonds is 3. The van der Waals surface area contributed by atoms with Gasteiger partial charge in [0.15, 0.2) is 0 Å². The molecular weight excluding hydrogens is 268 g/mol. The number of nitro groups is 1. The van der Waals surface area contributed by atoms with E-state index in [0.717, 1.165) is 32.4 Å². The maximum Gasteiger partial charge on any atom is 0.292 e. The van der Waals surface area contributed by atoms with Crippen LogP contribution >= 0.6 is 0 Å². The normalized spacial score (nSPS) is 19.9. The van der Waals surface area contributed by atoms with Crippen molar-refractivity contribution in [3.05, 3.63) is 33.9 Å². The number of nitro benzene ring substituents is 1. The minimum Gasteiger partial charge on any atom is -0.389 e. The molecule has 0 radical (unpaired) electrons. The highest BCUT2D eigenvalue weighted by Gasteiger charge is 2.27. The first-order valence-corrected chi connectivity index (χ1v) is 7.51. The summed E-state index contributed by atoms with van der Waals surface area (Å²) >= 11 is 0. The van der Waals surface area contributed by atoms with E-state index in [4.69, 9.17) is 0 Å². The third-order valence-electron chi connectivity index (χ3n) is 4.36. The van der Waals surface area contributed by atoms with Crippen molar-refractivity contribution in [3.63, 3.8) is 0 Å². The zero-order valence-electron chi connectivity index (χ0n) is 13.0. The number of aliphatic hydroxyl groups excluding tert-OH is 1. The standard InChI is InChI=1S/C16H24N2O3/c1-12(19)13-5-6-14(15(11-13)18(20)21)17-9-4-7-16(2,3)8-10-17/h5-6,11-12,19H,4,7-10H2,1-3H3. The van der Waals surface area contributed by atoms with Gasteiger partial charge in [0.2, 0.25) is 0 Å². The molecule has 0 saturated carbocycles. The number of nitrogens with zero attached hydrogens (tertiary/aromatic N) is 2. The SMILES string of the molecule is CC(O)c1ccc(N2CCCC(C)(C)CC2)c([N+](=O)[O-])c1. The fourth-order valence-corrected chi connectivity index (χ4v) is 2.88. The number of hydrogen-bond donors (Lipinski definition) is 1. The molecule has 116 valence electrons. The number of hydrogen-bond acceptors (Lipinski definition) is 4. The van der Waals surface area contributed by atoms with Crippen LogP contribution in [0.25, 0.3) is 0 Å². The van der Waals surface area contributed by atoms with Crippen molar-refractivity contribution in [2.75, 3.05) is 18.0 Å². The highest BCUT2D eigenvalue weighted by molar-refractivity contribution is 5.64. The molecule has 0 aromatic heterocycles. The zero-order valence-corrected chi connectivity index (χ0v) is 13.0. The van der Waals surface area contributed by atoms with Crippen LogP contribution in [0.15, 0.2) is 18.2 Å². The molecule has 0 spiro atoms. The summed E-state index contributed by atoms with van der Waals surface area (Å²) < 4.78 is 0. The molecule has 1 aromatic rings. The minimum absolute atomic E-state index is 0.0908. The maximum absolute atomic E-state index is 11.3. The maximum atomic E-state index is 11.3. The van der Waals surface area contributed by atoms with E-state index in [1.165, 1.54) is 6.07 Å². The topological polar surface area (TPSA) is 66.6 Å². The Labute approximate surface area is 125 Å². The van der Waals surface area contributed by atoms with Crippen LogP contribution in [0.2, 0.25) is 0 Å². The molecule has 21 heavy (non-hydrogen) atoms. The van der Waals surface area contributed by atoms with Crippen molar-refractivity contribution in [3.8, 4) is 0 Å². The van der Waals surface area contributed by atoms with E-state index in [2.05, 4.69) is 18.7 Å². The van der Waals surface area contributed by atoms with Gasteiger partial charge in [-0.2, -0.15) is 0 Å². The third kappa shape index (κ3) is 3.73. The van der Waals surface area contributed by atoms with E-state index in [9.17, 15) is 15.2 Å². The predicted octanol–water partition coefficient (Wildman–Crippen LogP) is 3.66. The molecule has 0 bridgehead atoms. The van der Waals surface area contributed by atoms with Crippen LogP contribution in [0.4, 0.5) is 11.4 Å². The Kier molecular flexibility index (Phi) is 4.52. The van der Waals surface area contributed by atoms with E-state index >= 15 is 0 Å². The van der Waals surface area contributed by atoms with E-state index in [1.807, 2.05) is 0 Å². The van der Waals surface area contributed by atoms with Crippen molar-refractivity contribution >= 4 is 11.4 Å². The van der Waals surface area contributed by atoms with Crippen LogP contribution in [0.3, 0.4) is 0 Å². The lowest BCUT2D eigenvalue weighted by atomic mass is 9.85. The van der Waals surface area contributed by atoms with E-state index in [0.29, 0.717) is 16.7 Å². The third-order valence-corrected chi connectivity index (χ3v) is 4.36. The summed E-state index contributed by atoms with van der Waals surface area (Å²) in [4.78, 5) is 13.1. The van der Waals surface area contributed by atoms with Gasteiger partial charge in [-0.3, -0.25) is 10.1 Å². The van der Waals surface area contributed by atoms with Gasteiger partial charge in [-0.15, -0.1) is 0 Å². The van der Waals surface area contributed by atoms with Crippen molar-refractivity contribution in [1.29, 1.82) is 0 Å². The Bertz CT molecular complexity index is 526. The highest BCUT2D eigenvalue weighted by atomic mass is 16.6. The molecule has 0 amide bonds. The zero-order chi connectivity index (χ0) is 15.6. The largest absolute Gasteiger partial charge is 0.389 e. The number of aliphatic hydroxyl groups is 1. The van der Waals surface area contributed by atoms with Gasteiger partial charge in [-0.1, -0.05) is 19.9 Å². The molecule has 1 aliphatic rings. The van der Waals surface area contributed by atoms with Crippen LogP contribution < -0.4 is 4.90 Å². The Morgan fingerprint density at radius 1 is 1.33 bits per heavy atom. The Balaban J connectivity index is 2.32. The first kappa shape index (κ1) is 15.8. The van der Waals surface area contributed by atoms with Gasteiger partial charge in [0, 0.05) is 19.2 Å². The first-order chi connectivity index (χ1) is 9.80. The van der Waals surface area contributed by atoms with Gasteiger partial charge in [0.05, 0.1) is 11.0 Å². The quantitative estimate of drug-likeness (QED) is 0.682. The van der Waals surface area contributed by atoms with Gasteiger partial charge in [0.1, 0.15) is 5.69 Å². The molecule has 1 N–H and O–H groups in total. The Morgan fingerprint density at radius 2 is 2.05 bits per heavy atom. The van der Waals surface area contributed by atoms with Gasteiger partial charge < -0.3 is 10.0 Å². The molecule has 1 saturated heterocycles. The molecule has 1 unspecified atom stereocenters. The van der Waals surface area contributed by atoms with Crippen LogP contribution in [-0.2, 0) is 0 Å². The van der Waals surface area contributed by atoms with Gasteiger partial charge in [-0.05, 0) is 43.2 Å². The lowest BCUT2D eigenvalue weighted by Gasteiger charge is -2.25. The van der Waals surface area contributed by atoms with Crippen molar-refractivity contribution in [2.45, 2.75) is 46.1 Å². The fraction of sp³-hybridized carbons (Fsp3) is 0.625. The molecule has 2 rings (SSSR count). The lowest BCUT2D eigenvalue weighted by molar-refractivity contribution is -0.384. The second kappa shape index (κ2) is 6.02. The average molecular weight is 292 g/mol. The van der Waals surface area contributed by atoms with Crippen molar-refractivity contribution in [2.24, 2.45) is 5.41 Å². The van der Waals surface area contributed by atoms with Crippen LogP contribution in [0, 0.1) is 15.5 Å². The number of benzene rings is 1.